The van der Waals surface area contributed by atoms with E-state index in [0.717, 1.165) is 12.5 Å². The fourth-order valence-corrected chi connectivity index (χ4v) is 6.55. The first-order valence-corrected chi connectivity index (χ1v) is 11.4. The summed E-state index contributed by atoms with van der Waals surface area (Å²) in [5, 5.41) is 18.8. The predicted octanol–water partition coefficient (Wildman–Crippen LogP) is -0.233. The Morgan fingerprint density at radius 1 is 1.16 bits per heavy atom. The Morgan fingerprint density at radius 2 is 1.77 bits per heavy atom. The largest absolute Gasteiger partial charge is 0.481 e. The van der Waals surface area contributed by atoms with Crippen molar-refractivity contribution in [3.05, 3.63) is 29.8 Å². The third-order valence-corrected chi connectivity index (χ3v) is 7.74. The molecule has 0 radical (unpaired) electrons. The van der Waals surface area contributed by atoms with Gasteiger partial charge < -0.3 is 14.9 Å². The number of aliphatic carboxylic acids is 1. The summed E-state index contributed by atoms with van der Waals surface area (Å²) in [7, 11) is 2.31. The van der Waals surface area contributed by atoms with Crippen LogP contribution in [0.2, 0.25) is 0 Å². The van der Waals surface area contributed by atoms with Crippen LogP contribution in [0.5, 0.6) is 0 Å². The molecule has 11 nitrogen and oxygen atoms in total. The summed E-state index contributed by atoms with van der Waals surface area (Å²) in [4.78, 5) is 26.9. The summed E-state index contributed by atoms with van der Waals surface area (Å²) < 4.78 is 25.0. The maximum Gasteiger partial charge on any atom is 0.300 e. The minimum Gasteiger partial charge on any atom is -0.481 e. The molecule has 4 rings (SSSR count). The average Bonchev–Trinajstić information content (AvgIpc) is 3.37. The monoisotopic (exact) mass is 450 g/mol. The smallest absolute Gasteiger partial charge is 0.300 e. The first-order valence-electron chi connectivity index (χ1n) is 9.71. The summed E-state index contributed by atoms with van der Waals surface area (Å²) in [6, 6.07) is 6.96. The van der Waals surface area contributed by atoms with Crippen molar-refractivity contribution in [2.24, 2.45) is 13.0 Å². The second kappa shape index (κ2) is 8.71. The van der Waals surface area contributed by atoms with Crippen LogP contribution >= 0.6 is 0 Å². The number of carbonyl (C=O) groups excluding carboxylic acids is 1. The van der Waals surface area contributed by atoms with Crippen molar-refractivity contribution in [1.82, 2.24) is 30.0 Å². The molecule has 1 aromatic carbocycles. The van der Waals surface area contributed by atoms with Crippen LogP contribution in [0.15, 0.2) is 24.3 Å². The SMILES string of the molecule is CC(=O)O.CN(C)[C@@H]1CS(=O)(=O)[C@H]2CN(C(=O)c3ccc(-c4nnn(C)n4)cc3)C[C@@H]12. The molecule has 2 aliphatic rings. The molecular formula is C19H26N6O5S. The Morgan fingerprint density at radius 3 is 2.29 bits per heavy atom. The number of carboxylic acid groups (broad SMARTS) is 1. The van der Waals surface area contributed by atoms with Gasteiger partial charge in [-0.1, -0.05) is 12.1 Å². The molecule has 2 aromatic rings. The van der Waals surface area contributed by atoms with E-state index in [2.05, 4.69) is 15.4 Å². The molecule has 0 bridgehead atoms. The number of carbonyl (C=O) groups is 2. The van der Waals surface area contributed by atoms with Gasteiger partial charge in [0.05, 0.1) is 18.1 Å². The standard InChI is InChI=1S/C17H22N6O3S.C2H4O2/c1-21(2)14-10-27(25,26)15-9-23(8-13(14)15)17(24)12-6-4-11(5-7-12)16-18-20-22(3)19-16;1-2(3)4/h4-7,13-15H,8-10H2,1-3H3;1H3,(H,3,4)/t13-,14+,15-;/m0./s1. The van der Waals surface area contributed by atoms with Crippen LogP contribution < -0.4 is 0 Å². The van der Waals surface area contributed by atoms with Crippen molar-refractivity contribution in [2.75, 3.05) is 32.9 Å². The van der Waals surface area contributed by atoms with Crippen molar-refractivity contribution in [2.45, 2.75) is 18.2 Å². The van der Waals surface area contributed by atoms with Crippen molar-refractivity contribution >= 4 is 21.7 Å². The zero-order chi connectivity index (χ0) is 22.9. The zero-order valence-electron chi connectivity index (χ0n) is 17.8. The van der Waals surface area contributed by atoms with Gasteiger partial charge in [-0.2, -0.15) is 4.80 Å². The molecule has 0 saturated carbocycles. The molecule has 31 heavy (non-hydrogen) atoms. The van der Waals surface area contributed by atoms with Gasteiger partial charge in [-0.15, -0.1) is 10.2 Å². The number of hydrogen-bond donors (Lipinski definition) is 1. The first kappa shape index (κ1) is 22.8. The van der Waals surface area contributed by atoms with E-state index in [1.165, 1.54) is 4.80 Å². The highest BCUT2D eigenvalue weighted by atomic mass is 32.2. The van der Waals surface area contributed by atoms with E-state index in [9.17, 15) is 13.2 Å². The van der Waals surface area contributed by atoms with Gasteiger partial charge in [-0.05, 0) is 31.4 Å². The van der Waals surface area contributed by atoms with Crippen LogP contribution in [-0.2, 0) is 21.7 Å². The topological polar surface area (TPSA) is 139 Å². The predicted molar refractivity (Wildman–Crippen MR) is 112 cm³/mol. The number of fused-ring (bicyclic) bond motifs is 1. The second-order valence-corrected chi connectivity index (χ2v) is 10.2. The number of carboxylic acids is 1. The van der Waals surface area contributed by atoms with E-state index in [1.807, 2.05) is 19.0 Å². The van der Waals surface area contributed by atoms with Crippen molar-refractivity contribution in [1.29, 1.82) is 0 Å². The van der Waals surface area contributed by atoms with Gasteiger partial charge >= 0.3 is 0 Å². The van der Waals surface area contributed by atoms with Crippen molar-refractivity contribution < 1.29 is 23.1 Å². The molecule has 1 N–H and O–H groups in total. The number of aromatic nitrogens is 4. The van der Waals surface area contributed by atoms with Crippen molar-refractivity contribution in [3.63, 3.8) is 0 Å². The summed E-state index contributed by atoms with van der Waals surface area (Å²) in [6.45, 7) is 1.82. The third-order valence-electron chi connectivity index (χ3n) is 5.52. The summed E-state index contributed by atoms with van der Waals surface area (Å²) >= 11 is 0. The molecule has 2 aliphatic heterocycles. The minimum atomic E-state index is -3.17. The van der Waals surface area contributed by atoms with E-state index in [4.69, 9.17) is 9.90 Å². The molecular weight excluding hydrogens is 424 g/mol. The van der Waals surface area contributed by atoms with E-state index < -0.39 is 21.1 Å². The molecule has 168 valence electrons. The normalized spacial score (nSPS) is 23.9. The lowest BCUT2D eigenvalue weighted by molar-refractivity contribution is -0.134. The van der Waals surface area contributed by atoms with E-state index in [-0.39, 0.29) is 30.2 Å². The number of sulfone groups is 1. The van der Waals surface area contributed by atoms with Gasteiger partial charge in [0.15, 0.2) is 9.84 Å². The molecule has 2 fully saturated rings. The maximum absolute atomic E-state index is 12.9. The molecule has 1 aromatic heterocycles. The highest BCUT2D eigenvalue weighted by molar-refractivity contribution is 7.92. The van der Waals surface area contributed by atoms with Crippen LogP contribution in [0, 0.1) is 5.92 Å². The van der Waals surface area contributed by atoms with E-state index in [0.29, 0.717) is 17.9 Å². The maximum atomic E-state index is 12.9. The fraction of sp³-hybridized carbons (Fsp3) is 0.526. The fourth-order valence-electron chi connectivity index (χ4n) is 4.08. The van der Waals surface area contributed by atoms with Gasteiger partial charge in [0.1, 0.15) is 0 Å². The quantitative estimate of drug-likeness (QED) is 0.671. The van der Waals surface area contributed by atoms with Crippen LogP contribution in [-0.4, -0.2) is 99.6 Å². The minimum absolute atomic E-state index is 0.0305. The highest BCUT2D eigenvalue weighted by Crippen LogP contribution is 2.36. The van der Waals surface area contributed by atoms with Gasteiger partial charge in [-0.25, -0.2) is 8.42 Å². The lowest BCUT2D eigenvalue weighted by atomic mass is 10.00. The molecule has 2 saturated heterocycles. The van der Waals surface area contributed by atoms with Gasteiger partial charge in [0.25, 0.3) is 11.9 Å². The van der Waals surface area contributed by atoms with Crippen LogP contribution in [0.25, 0.3) is 11.4 Å². The average molecular weight is 451 g/mol. The van der Waals surface area contributed by atoms with Gasteiger partial charge in [0, 0.05) is 43.1 Å². The zero-order valence-corrected chi connectivity index (χ0v) is 18.7. The molecule has 0 aliphatic carbocycles. The van der Waals surface area contributed by atoms with Crippen LogP contribution in [0.1, 0.15) is 17.3 Å². The molecule has 12 heteroatoms. The van der Waals surface area contributed by atoms with E-state index in [1.54, 1.807) is 36.2 Å². The summed E-state index contributed by atoms with van der Waals surface area (Å²) in [6.07, 6.45) is 0. The Bertz CT molecular complexity index is 1060. The molecule has 0 spiro atoms. The van der Waals surface area contributed by atoms with E-state index >= 15 is 0 Å². The van der Waals surface area contributed by atoms with Crippen LogP contribution in [0.3, 0.4) is 0 Å². The number of amides is 1. The second-order valence-electron chi connectivity index (χ2n) is 7.97. The number of rotatable bonds is 3. The number of nitrogens with zero attached hydrogens (tertiary/aromatic N) is 6. The first-order chi connectivity index (χ1) is 14.5. The number of aryl methyl sites for hydroxylation is 1. The molecule has 3 atom stereocenters. The Balaban J connectivity index is 0.000000628. The summed E-state index contributed by atoms with van der Waals surface area (Å²) in [5.74, 6) is -0.336. The number of benzene rings is 1. The highest BCUT2D eigenvalue weighted by Gasteiger charge is 2.53. The van der Waals surface area contributed by atoms with Crippen molar-refractivity contribution in [3.8, 4) is 11.4 Å². The lowest BCUT2D eigenvalue weighted by Crippen LogP contribution is -2.38. The Labute approximate surface area is 180 Å². The number of likely N-dealkylation sites (tertiary alicyclic amines) is 1. The molecule has 0 unspecified atom stereocenters. The van der Waals surface area contributed by atoms with Crippen LogP contribution in [0.4, 0.5) is 0 Å². The summed E-state index contributed by atoms with van der Waals surface area (Å²) in [5.41, 5.74) is 1.30. The van der Waals surface area contributed by atoms with Gasteiger partial charge in [-0.3, -0.25) is 9.59 Å². The Kier molecular flexibility index (Phi) is 6.41. The lowest BCUT2D eigenvalue weighted by Gasteiger charge is -2.25. The Hall–Kier alpha value is -2.86. The molecule has 1 amide bonds. The number of tetrazole rings is 1. The molecule has 3 heterocycles. The van der Waals surface area contributed by atoms with Gasteiger partial charge in [0.2, 0.25) is 5.82 Å². The third kappa shape index (κ3) is 4.90. The number of hydrogen-bond acceptors (Lipinski definition) is 8.